The van der Waals surface area contributed by atoms with E-state index in [1.807, 2.05) is 0 Å². The van der Waals surface area contributed by atoms with Gasteiger partial charge in [-0.1, -0.05) is 0 Å². The fourth-order valence-corrected chi connectivity index (χ4v) is 1.92. The van der Waals surface area contributed by atoms with Gasteiger partial charge in [0.25, 0.3) is 0 Å². The lowest BCUT2D eigenvalue weighted by molar-refractivity contribution is -0.222. The van der Waals surface area contributed by atoms with Gasteiger partial charge in [0.15, 0.2) is 18.3 Å². The molecule has 0 N–H and O–H groups in total. The smallest absolute Gasteiger partial charge is 0.303 e. The zero-order valence-electron chi connectivity index (χ0n) is 11.4. The van der Waals surface area contributed by atoms with Crippen LogP contribution in [0.2, 0.25) is 0 Å². The van der Waals surface area contributed by atoms with E-state index >= 15 is 0 Å². The molecule has 1 heterocycles. The first-order valence-corrected chi connectivity index (χ1v) is 5.94. The van der Waals surface area contributed by atoms with Crippen molar-refractivity contribution in [2.45, 2.75) is 52.1 Å². The third kappa shape index (κ3) is 4.51. The summed E-state index contributed by atoms with van der Waals surface area (Å²) in [6.45, 7) is 5.48. The maximum Gasteiger partial charge on any atom is 0.303 e. The van der Waals surface area contributed by atoms with Crippen molar-refractivity contribution in [2.24, 2.45) is 0 Å². The molecule has 0 amide bonds. The maximum atomic E-state index is 11.1. The van der Waals surface area contributed by atoms with E-state index in [0.717, 1.165) is 0 Å². The number of hydrogen-bond acceptors (Lipinski definition) is 7. The lowest BCUT2D eigenvalue weighted by Gasteiger charge is -2.39. The molecular weight excluding hydrogens is 256 g/mol. The van der Waals surface area contributed by atoms with Crippen LogP contribution >= 0.6 is 0 Å². The van der Waals surface area contributed by atoms with Gasteiger partial charge in [-0.25, -0.2) is 0 Å². The SMILES string of the molecule is CC(=O)O[C@@H]1[C@@H](OC(C)=O)[C@@H](OC(C)=O)CO[C@H]1C. The van der Waals surface area contributed by atoms with Crippen molar-refractivity contribution >= 4 is 17.9 Å². The van der Waals surface area contributed by atoms with Gasteiger partial charge in [-0.3, -0.25) is 14.4 Å². The van der Waals surface area contributed by atoms with Crippen molar-refractivity contribution in [3.05, 3.63) is 0 Å². The fourth-order valence-electron chi connectivity index (χ4n) is 1.92. The molecule has 0 bridgehead atoms. The van der Waals surface area contributed by atoms with E-state index in [2.05, 4.69) is 0 Å². The van der Waals surface area contributed by atoms with E-state index in [4.69, 9.17) is 18.9 Å². The number of esters is 3. The van der Waals surface area contributed by atoms with Crippen LogP contribution in [0, 0.1) is 0 Å². The van der Waals surface area contributed by atoms with Gasteiger partial charge in [-0.05, 0) is 6.92 Å². The predicted octanol–water partition coefficient (Wildman–Crippen LogP) is 0.200. The molecular formula is C12H18O7. The monoisotopic (exact) mass is 274 g/mol. The Morgan fingerprint density at radius 3 is 1.84 bits per heavy atom. The van der Waals surface area contributed by atoms with Gasteiger partial charge in [0.2, 0.25) is 0 Å². The summed E-state index contributed by atoms with van der Waals surface area (Å²) in [5.41, 5.74) is 0. The molecule has 7 heteroatoms. The Labute approximate surface area is 111 Å². The highest BCUT2D eigenvalue weighted by atomic mass is 16.6. The molecule has 108 valence electrons. The molecule has 0 aromatic carbocycles. The van der Waals surface area contributed by atoms with Gasteiger partial charge < -0.3 is 18.9 Å². The van der Waals surface area contributed by atoms with Gasteiger partial charge in [-0.2, -0.15) is 0 Å². The molecule has 0 aromatic rings. The third-order valence-corrected chi connectivity index (χ3v) is 2.60. The minimum atomic E-state index is -0.867. The molecule has 0 radical (unpaired) electrons. The zero-order chi connectivity index (χ0) is 14.6. The Hall–Kier alpha value is -1.63. The number of carbonyl (C=O) groups is 3. The molecule has 1 rings (SSSR count). The van der Waals surface area contributed by atoms with Gasteiger partial charge in [-0.15, -0.1) is 0 Å². The van der Waals surface area contributed by atoms with Crippen molar-refractivity contribution in [2.75, 3.05) is 6.61 Å². The van der Waals surface area contributed by atoms with Crippen LogP contribution in [0.4, 0.5) is 0 Å². The van der Waals surface area contributed by atoms with Crippen LogP contribution in [-0.4, -0.2) is 48.9 Å². The number of rotatable bonds is 3. The predicted molar refractivity (Wildman–Crippen MR) is 62.1 cm³/mol. The fraction of sp³-hybridized carbons (Fsp3) is 0.750. The molecule has 1 aliphatic heterocycles. The van der Waals surface area contributed by atoms with Gasteiger partial charge >= 0.3 is 17.9 Å². The Bertz CT molecular complexity index is 365. The summed E-state index contributed by atoms with van der Waals surface area (Å²) >= 11 is 0. The first-order valence-electron chi connectivity index (χ1n) is 5.94. The van der Waals surface area contributed by atoms with E-state index < -0.39 is 42.3 Å². The highest BCUT2D eigenvalue weighted by Gasteiger charge is 2.44. The summed E-state index contributed by atoms with van der Waals surface area (Å²) in [7, 11) is 0. The first-order chi connectivity index (χ1) is 8.81. The molecule has 19 heavy (non-hydrogen) atoms. The second-order valence-electron chi connectivity index (χ2n) is 4.33. The van der Waals surface area contributed by atoms with E-state index in [1.165, 1.54) is 20.8 Å². The summed E-state index contributed by atoms with van der Waals surface area (Å²) in [4.78, 5) is 33.3. The molecule has 0 spiro atoms. The summed E-state index contributed by atoms with van der Waals surface area (Å²) in [5, 5.41) is 0. The van der Waals surface area contributed by atoms with Crippen LogP contribution in [-0.2, 0) is 33.3 Å². The normalized spacial score (nSPS) is 30.3. The summed E-state index contributed by atoms with van der Waals surface area (Å²) < 4.78 is 20.6. The van der Waals surface area contributed by atoms with Crippen molar-refractivity contribution in [1.29, 1.82) is 0 Å². The van der Waals surface area contributed by atoms with Crippen LogP contribution in [0.25, 0.3) is 0 Å². The van der Waals surface area contributed by atoms with Gasteiger partial charge in [0, 0.05) is 20.8 Å². The standard InChI is InChI=1S/C12H18O7/c1-6-11(18-8(3)14)12(19-9(4)15)10(5-16-6)17-7(2)13/h6,10-12H,5H2,1-4H3/t6-,10-,11-,12-/m0/s1. The molecule has 4 atom stereocenters. The third-order valence-electron chi connectivity index (χ3n) is 2.60. The summed E-state index contributed by atoms with van der Waals surface area (Å²) in [6.07, 6.45) is -2.92. The Morgan fingerprint density at radius 2 is 1.37 bits per heavy atom. The minimum absolute atomic E-state index is 0.0798. The van der Waals surface area contributed by atoms with E-state index in [-0.39, 0.29) is 6.61 Å². The Balaban J connectivity index is 2.89. The van der Waals surface area contributed by atoms with Crippen LogP contribution < -0.4 is 0 Å². The summed E-state index contributed by atoms with van der Waals surface area (Å²) in [6, 6.07) is 0. The van der Waals surface area contributed by atoms with Gasteiger partial charge in [0.05, 0.1) is 12.7 Å². The van der Waals surface area contributed by atoms with E-state index in [9.17, 15) is 14.4 Å². The highest BCUT2D eigenvalue weighted by molar-refractivity contribution is 5.68. The maximum absolute atomic E-state index is 11.1. The van der Waals surface area contributed by atoms with Crippen LogP contribution in [0.3, 0.4) is 0 Å². The van der Waals surface area contributed by atoms with E-state index in [1.54, 1.807) is 6.92 Å². The lowest BCUT2D eigenvalue weighted by Crippen LogP contribution is -2.56. The Morgan fingerprint density at radius 1 is 0.895 bits per heavy atom. The van der Waals surface area contributed by atoms with Crippen molar-refractivity contribution in [1.82, 2.24) is 0 Å². The second-order valence-corrected chi connectivity index (χ2v) is 4.33. The first kappa shape index (κ1) is 15.4. The van der Waals surface area contributed by atoms with Crippen LogP contribution in [0.5, 0.6) is 0 Å². The minimum Gasteiger partial charge on any atom is -0.456 e. The quantitative estimate of drug-likeness (QED) is 0.536. The van der Waals surface area contributed by atoms with Crippen molar-refractivity contribution in [3.63, 3.8) is 0 Å². The molecule has 0 aromatic heterocycles. The molecule has 0 unspecified atom stereocenters. The number of carbonyl (C=O) groups excluding carboxylic acids is 3. The molecule has 7 nitrogen and oxygen atoms in total. The summed E-state index contributed by atoms with van der Waals surface area (Å²) in [5.74, 6) is -1.60. The van der Waals surface area contributed by atoms with Gasteiger partial charge in [0.1, 0.15) is 0 Å². The number of ether oxygens (including phenoxy) is 4. The average Bonchev–Trinajstić information content (AvgIpc) is 2.25. The van der Waals surface area contributed by atoms with E-state index in [0.29, 0.717) is 0 Å². The average molecular weight is 274 g/mol. The van der Waals surface area contributed by atoms with Crippen LogP contribution in [0.15, 0.2) is 0 Å². The lowest BCUT2D eigenvalue weighted by atomic mass is 10.0. The number of hydrogen-bond donors (Lipinski definition) is 0. The second kappa shape index (κ2) is 6.51. The topological polar surface area (TPSA) is 88.1 Å². The highest BCUT2D eigenvalue weighted by Crippen LogP contribution is 2.24. The van der Waals surface area contributed by atoms with Crippen molar-refractivity contribution < 1.29 is 33.3 Å². The molecule has 1 fully saturated rings. The Kier molecular flexibility index (Phi) is 5.29. The largest absolute Gasteiger partial charge is 0.456 e. The van der Waals surface area contributed by atoms with Crippen LogP contribution in [0.1, 0.15) is 27.7 Å². The van der Waals surface area contributed by atoms with Crippen molar-refractivity contribution in [3.8, 4) is 0 Å². The zero-order valence-corrected chi connectivity index (χ0v) is 11.4. The molecule has 0 aliphatic carbocycles. The molecule has 1 saturated heterocycles. The molecule has 0 saturated carbocycles. The molecule has 1 aliphatic rings.